The largest absolute Gasteiger partial charge is 0.497 e. The van der Waals surface area contributed by atoms with E-state index in [2.05, 4.69) is 32.6 Å². The molecule has 0 aliphatic heterocycles. The Bertz CT molecular complexity index is 684. The van der Waals surface area contributed by atoms with Crippen molar-refractivity contribution in [1.29, 1.82) is 0 Å². The highest BCUT2D eigenvalue weighted by Crippen LogP contribution is 2.24. The van der Waals surface area contributed by atoms with E-state index in [-0.39, 0.29) is 0 Å². The number of thiocarbonyl (C=S) groups is 1. The Balaban J connectivity index is 1.87. The third kappa shape index (κ3) is 5.69. The van der Waals surface area contributed by atoms with E-state index in [1.807, 2.05) is 36.4 Å². The van der Waals surface area contributed by atoms with Crippen LogP contribution in [-0.2, 0) is 6.42 Å². The van der Waals surface area contributed by atoms with E-state index >= 15 is 0 Å². The zero-order valence-corrected chi connectivity index (χ0v) is 16.2. The van der Waals surface area contributed by atoms with Gasteiger partial charge in [-0.1, -0.05) is 22.0 Å². The zero-order valence-electron chi connectivity index (χ0n) is 13.8. The molecule has 1 aliphatic carbocycles. The molecular formula is C18H21BrN2O2S. The Hall–Kier alpha value is -1.79. The molecule has 0 bridgehead atoms. The molecule has 0 amide bonds. The normalized spacial score (nSPS) is 13.5. The average molecular weight is 409 g/mol. The number of nitrogens with one attached hydrogen (secondary N) is 2. The van der Waals surface area contributed by atoms with Gasteiger partial charge in [0, 0.05) is 12.2 Å². The molecule has 0 saturated carbocycles. The Kier molecular flexibility index (Phi) is 7.34. The van der Waals surface area contributed by atoms with Gasteiger partial charge in [0.05, 0.1) is 14.2 Å². The zero-order chi connectivity index (χ0) is 17.4. The molecule has 4 nitrogen and oxygen atoms in total. The number of halogens is 1. The summed E-state index contributed by atoms with van der Waals surface area (Å²) in [6, 6.07) is 5.78. The van der Waals surface area contributed by atoms with Crippen LogP contribution in [-0.4, -0.2) is 25.9 Å². The third-order valence-corrected chi connectivity index (χ3v) is 4.31. The fraction of sp³-hybridized carbons (Fsp3) is 0.278. The monoisotopic (exact) mass is 408 g/mol. The molecule has 0 unspecified atom stereocenters. The molecule has 0 spiro atoms. The van der Waals surface area contributed by atoms with Crippen molar-refractivity contribution in [3.8, 4) is 11.5 Å². The van der Waals surface area contributed by atoms with Crippen molar-refractivity contribution in [3.63, 3.8) is 0 Å². The van der Waals surface area contributed by atoms with Crippen molar-refractivity contribution in [2.45, 2.75) is 12.8 Å². The van der Waals surface area contributed by atoms with Crippen LogP contribution in [0.3, 0.4) is 0 Å². The number of hydrogen-bond donors (Lipinski definition) is 2. The van der Waals surface area contributed by atoms with E-state index in [9.17, 15) is 0 Å². The summed E-state index contributed by atoms with van der Waals surface area (Å²) in [6.45, 7) is 0.700. The molecule has 2 rings (SSSR count). The first-order valence-corrected chi connectivity index (χ1v) is 8.81. The summed E-state index contributed by atoms with van der Waals surface area (Å²) in [5.41, 5.74) is 2.04. The lowest BCUT2D eigenvalue weighted by atomic mass is 10.1. The summed E-state index contributed by atoms with van der Waals surface area (Å²) in [4.78, 5) is 0. The maximum absolute atomic E-state index is 5.39. The smallest absolute Gasteiger partial charge is 0.170 e. The second-order valence-corrected chi connectivity index (χ2v) is 6.58. The van der Waals surface area contributed by atoms with Gasteiger partial charge in [-0.05, 0) is 71.5 Å². The van der Waals surface area contributed by atoms with E-state index in [1.54, 1.807) is 14.2 Å². The molecular weight excluding hydrogens is 388 g/mol. The van der Waals surface area contributed by atoms with Crippen LogP contribution >= 0.6 is 28.1 Å². The summed E-state index contributed by atoms with van der Waals surface area (Å²) in [5, 5.41) is 7.00. The lowest BCUT2D eigenvalue weighted by Gasteiger charge is -2.13. The summed E-state index contributed by atoms with van der Waals surface area (Å²) in [5.74, 6) is 1.67. The van der Waals surface area contributed by atoms with Crippen molar-refractivity contribution in [3.05, 3.63) is 58.2 Å². The number of methoxy groups -OCH3 is 2. The number of benzene rings is 1. The summed E-state index contributed by atoms with van der Waals surface area (Å²) >= 11 is 8.84. The second kappa shape index (κ2) is 9.49. The predicted molar refractivity (Wildman–Crippen MR) is 106 cm³/mol. The summed E-state index contributed by atoms with van der Waals surface area (Å²) in [7, 11) is 3.32. The number of allylic oxidation sites excluding steroid dienone is 5. The van der Waals surface area contributed by atoms with E-state index in [1.165, 1.54) is 0 Å². The van der Waals surface area contributed by atoms with Crippen molar-refractivity contribution < 1.29 is 9.47 Å². The van der Waals surface area contributed by atoms with Gasteiger partial charge in [0.25, 0.3) is 0 Å². The highest BCUT2D eigenvalue weighted by molar-refractivity contribution is 9.11. The van der Waals surface area contributed by atoms with E-state index in [4.69, 9.17) is 21.7 Å². The maximum atomic E-state index is 5.39. The molecule has 6 heteroatoms. The van der Waals surface area contributed by atoms with Gasteiger partial charge in [0.2, 0.25) is 0 Å². The fourth-order valence-corrected chi connectivity index (χ4v) is 2.79. The molecule has 1 aliphatic rings. The third-order valence-electron chi connectivity index (χ3n) is 3.48. The number of rotatable bonds is 6. The van der Waals surface area contributed by atoms with Gasteiger partial charge in [-0.3, -0.25) is 0 Å². The standard InChI is InChI=1S/C18H21BrN2O2S/c1-22-16-8-9-17(23-2)13(12-16)10-11-20-18(24)21-15-5-3-4-14(19)6-7-15/h3,5-9,12H,4,10-11H2,1-2H3,(H2,20,21,24). The van der Waals surface area contributed by atoms with E-state index in [0.717, 1.165) is 40.1 Å². The lowest BCUT2D eigenvalue weighted by molar-refractivity contribution is 0.398. The van der Waals surface area contributed by atoms with Gasteiger partial charge >= 0.3 is 0 Å². The second-order valence-electron chi connectivity index (χ2n) is 5.15. The van der Waals surface area contributed by atoms with Crippen LogP contribution in [0.25, 0.3) is 0 Å². The minimum Gasteiger partial charge on any atom is -0.497 e. The molecule has 24 heavy (non-hydrogen) atoms. The van der Waals surface area contributed by atoms with Crippen molar-refractivity contribution in [1.82, 2.24) is 10.6 Å². The average Bonchev–Trinajstić information content (AvgIpc) is 2.79. The van der Waals surface area contributed by atoms with Gasteiger partial charge < -0.3 is 20.1 Å². The molecule has 1 aromatic rings. The van der Waals surface area contributed by atoms with Gasteiger partial charge in [-0.2, -0.15) is 0 Å². The van der Waals surface area contributed by atoms with Crippen LogP contribution in [0.15, 0.2) is 52.7 Å². The predicted octanol–water partition coefficient (Wildman–Crippen LogP) is 3.83. The molecule has 128 valence electrons. The highest BCUT2D eigenvalue weighted by atomic mass is 79.9. The van der Waals surface area contributed by atoms with Crippen LogP contribution in [0.4, 0.5) is 0 Å². The highest BCUT2D eigenvalue weighted by Gasteiger charge is 2.06. The topological polar surface area (TPSA) is 42.5 Å². The van der Waals surface area contributed by atoms with Crippen LogP contribution in [0.1, 0.15) is 12.0 Å². The Morgan fingerprint density at radius 1 is 1.25 bits per heavy atom. The minimum absolute atomic E-state index is 0.596. The first-order chi connectivity index (χ1) is 11.6. The molecule has 0 aromatic heterocycles. The first-order valence-electron chi connectivity index (χ1n) is 7.61. The Labute approximate surface area is 156 Å². The summed E-state index contributed by atoms with van der Waals surface area (Å²) < 4.78 is 11.8. The molecule has 0 saturated heterocycles. The van der Waals surface area contributed by atoms with Gasteiger partial charge in [0.15, 0.2) is 5.11 Å². The minimum atomic E-state index is 0.596. The molecule has 0 heterocycles. The maximum Gasteiger partial charge on any atom is 0.170 e. The van der Waals surface area contributed by atoms with Crippen LogP contribution in [0, 0.1) is 0 Å². The van der Waals surface area contributed by atoms with Gasteiger partial charge in [-0.25, -0.2) is 0 Å². The molecule has 0 atom stereocenters. The number of hydrogen-bond acceptors (Lipinski definition) is 3. The van der Waals surface area contributed by atoms with Crippen molar-refractivity contribution >= 4 is 33.3 Å². The van der Waals surface area contributed by atoms with Gasteiger partial charge in [0.1, 0.15) is 11.5 Å². The van der Waals surface area contributed by atoms with E-state index < -0.39 is 0 Å². The van der Waals surface area contributed by atoms with Crippen molar-refractivity contribution in [2.24, 2.45) is 0 Å². The lowest BCUT2D eigenvalue weighted by Crippen LogP contribution is -2.35. The summed E-state index contributed by atoms with van der Waals surface area (Å²) in [6.07, 6.45) is 9.78. The molecule has 1 aromatic carbocycles. The van der Waals surface area contributed by atoms with E-state index in [0.29, 0.717) is 11.7 Å². The van der Waals surface area contributed by atoms with Crippen molar-refractivity contribution in [2.75, 3.05) is 20.8 Å². The first kappa shape index (κ1) is 18.5. The molecule has 2 N–H and O–H groups in total. The van der Waals surface area contributed by atoms with Crippen LogP contribution in [0.5, 0.6) is 11.5 Å². The molecule has 0 radical (unpaired) electrons. The fourth-order valence-electron chi connectivity index (χ4n) is 2.25. The SMILES string of the molecule is COc1ccc(OC)c(CCNC(=S)NC2=CC=C(Br)CC=C2)c1. The molecule has 0 fully saturated rings. The Morgan fingerprint density at radius 3 is 2.83 bits per heavy atom. The van der Waals surface area contributed by atoms with Gasteiger partial charge in [-0.15, -0.1) is 0 Å². The van der Waals surface area contributed by atoms with Crippen LogP contribution < -0.4 is 20.1 Å². The Morgan fingerprint density at radius 2 is 2.08 bits per heavy atom. The quantitative estimate of drug-likeness (QED) is 0.700. The number of ether oxygens (including phenoxy) is 2. The van der Waals surface area contributed by atoms with Crippen LogP contribution in [0.2, 0.25) is 0 Å².